The highest BCUT2D eigenvalue weighted by Crippen LogP contribution is 2.23. The van der Waals surface area contributed by atoms with Crippen LogP contribution in [-0.4, -0.2) is 62.2 Å². The lowest BCUT2D eigenvalue weighted by molar-refractivity contribution is 0.132. The van der Waals surface area contributed by atoms with Crippen molar-refractivity contribution in [2.24, 2.45) is 5.92 Å². The lowest BCUT2D eigenvalue weighted by Crippen LogP contribution is -2.47. The van der Waals surface area contributed by atoms with Crippen molar-refractivity contribution in [3.63, 3.8) is 0 Å². The third kappa shape index (κ3) is 5.05. The van der Waals surface area contributed by atoms with E-state index in [0.717, 1.165) is 18.0 Å². The lowest BCUT2D eigenvalue weighted by Gasteiger charge is -2.36. The molecule has 2 aliphatic rings. The van der Waals surface area contributed by atoms with E-state index >= 15 is 0 Å². The zero-order chi connectivity index (χ0) is 13.7. The van der Waals surface area contributed by atoms with Gasteiger partial charge in [-0.1, -0.05) is 19.8 Å². The van der Waals surface area contributed by atoms with Gasteiger partial charge in [0.15, 0.2) is 0 Å². The van der Waals surface area contributed by atoms with Crippen molar-refractivity contribution in [3.05, 3.63) is 0 Å². The minimum atomic E-state index is 0.767. The van der Waals surface area contributed by atoms with Crippen LogP contribution in [0.2, 0.25) is 0 Å². The van der Waals surface area contributed by atoms with Crippen LogP contribution in [0.4, 0.5) is 0 Å². The van der Waals surface area contributed by atoms with Crippen LogP contribution < -0.4 is 5.32 Å². The SMILES string of the molecule is CC1CCCC(NCCN2CCCC(N(C)C)C2)C1. The second kappa shape index (κ2) is 7.61. The van der Waals surface area contributed by atoms with Crippen LogP contribution in [0, 0.1) is 5.92 Å². The number of rotatable bonds is 5. The van der Waals surface area contributed by atoms with Gasteiger partial charge in [0.2, 0.25) is 0 Å². The molecule has 0 amide bonds. The highest BCUT2D eigenvalue weighted by atomic mass is 15.2. The van der Waals surface area contributed by atoms with Gasteiger partial charge in [-0.2, -0.15) is 0 Å². The lowest BCUT2D eigenvalue weighted by atomic mass is 9.87. The van der Waals surface area contributed by atoms with Gasteiger partial charge in [0.25, 0.3) is 0 Å². The van der Waals surface area contributed by atoms with Crippen LogP contribution in [0.5, 0.6) is 0 Å². The molecule has 1 heterocycles. The number of hydrogen-bond acceptors (Lipinski definition) is 3. The predicted octanol–water partition coefficient (Wildman–Crippen LogP) is 2.18. The predicted molar refractivity (Wildman–Crippen MR) is 82.6 cm³/mol. The monoisotopic (exact) mass is 267 g/mol. The summed E-state index contributed by atoms with van der Waals surface area (Å²) < 4.78 is 0. The van der Waals surface area contributed by atoms with Gasteiger partial charge in [-0.3, -0.25) is 0 Å². The topological polar surface area (TPSA) is 18.5 Å². The van der Waals surface area contributed by atoms with Gasteiger partial charge >= 0.3 is 0 Å². The molecular weight excluding hydrogens is 234 g/mol. The molecule has 1 aliphatic heterocycles. The number of likely N-dealkylation sites (tertiary alicyclic amines) is 1. The van der Waals surface area contributed by atoms with Gasteiger partial charge in [0.1, 0.15) is 0 Å². The van der Waals surface area contributed by atoms with Crippen LogP contribution in [0.1, 0.15) is 45.4 Å². The summed E-state index contributed by atoms with van der Waals surface area (Å²) in [6.07, 6.45) is 8.38. The molecular formula is C16H33N3. The number of nitrogens with zero attached hydrogens (tertiary/aromatic N) is 2. The van der Waals surface area contributed by atoms with Gasteiger partial charge in [-0.25, -0.2) is 0 Å². The Bertz CT molecular complexity index is 254. The first kappa shape index (κ1) is 15.3. The summed E-state index contributed by atoms with van der Waals surface area (Å²) in [4.78, 5) is 5.04. The molecule has 3 unspecified atom stereocenters. The van der Waals surface area contributed by atoms with Gasteiger partial charge in [-0.05, 0) is 52.2 Å². The summed E-state index contributed by atoms with van der Waals surface area (Å²) in [6, 6.07) is 1.56. The molecule has 3 atom stereocenters. The van der Waals surface area contributed by atoms with Crippen molar-refractivity contribution in [1.82, 2.24) is 15.1 Å². The maximum Gasteiger partial charge on any atom is 0.0217 e. The quantitative estimate of drug-likeness (QED) is 0.824. The first-order valence-corrected chi connectivity index (χ1v) is 8.27. The molecule has 3 heteroatoms. The summed E-state index contributed by atoms with van der Waals surface area (Å²) in [6.45, 7) is 7.37. The molecule has 0 aromatic carbocycles. The zero-order valence-electron chi connectivity index (χ0n) is 13.2. The molecule has 1 aliphatic carbocycles. The van der Waals surface area contributed by atoms with E-state index < -0.39 is 0 Å². The first-order chi connectivity index (χ1) is 9.15. The molecule has 1 saturated carbocycles. The fourth-order valence-electron chi connectivity index (χ4n) is 3.70. The second-order valence-electron chi connectivity index (χ2n) is 6.98. The van der Waals surface area contributed by atoms with Gasteiger partial charge in [-0.15, -0.1) is 0 Å². The van der Waals surface area contributed by atoms with Crippen molar-refractivity contribution < 1.29 is 0 Å². The Labute approximate surface area is 119 Å². The summed E-state index contributed by atoms with van der Waals surface area (Å²) in [7, 11) is 4.44. The molecule has 0 aromatic rings. The average Bonchev–Trinajstić information content (AvgIpc) is 2.39. The van der Waals surface area contributed by atoms with E-state index in [0.29, 0.717) is 0 Å². The first-order valence-electron chi connectivity index (χ1n) is 8.27. The second-order valence-corrected chi connectivity index (χ2v) is 6.98. The van der Waals surface area contributed by atoms with Crippen LogP contribution >= 0.6 is 0 Å². The van der Waals surface area contributed by atoms with E-state index in [4.69, 9.17) is 0 Å². The number of likely N-dealkylation sites (N-methyl/N-ethyl adjacent to an activating group) is 1. The van der Waals surface area contributed by atoms with Gasteiger partial charge in [0.05, 0.1) is 0 Å². The maximum atomic E-state index is 3.79. The fourth-order valence-corrected chi connectivity index (χ4v) is 3.70. The van der Waals surface area contributed by atoms with Crippen LogP contribution in [0.25, 0.3) is 0 Å². The van der Waals surface area contributed by atoms with E-state index in [9.17, 15) is 0 Å². The smallest absolute Gasteiger partial charge is 0.0217 e. The number of hydrogen-bond donors (Lipinski definition) is 1. The Morgan fingerprint density at radius 3 is 2.74 bits per heavy atom. The van der Waals surface area contributed by atoms with E-state index in [1.165, 1.54) is 64.7 Å². The summed E-state index contributed by atoms with van der Waals surface area (Å²) in [5.41, 5.74) is 0. The Balaban J connectivity index is 1.62. The highest BCUT2D eigenvalue weighted by Gasteiger charge is 2.22. The molecule has 0 radical (unpaired) electrons. The van der Waals surface area contributed by atoms with E-state index in [-0.39, 0.29) is 0 Å². The van der Waals surface area contributed by atoms with Gasteiger partial charge in [0, 0.05) is 31.7 Å². The molecule has 1 N–H and O–H groups in total. The highest BCUT2D eigenvalue weighted by molar-refractivity contribution is 4.80. The zero-order valence-corrected chi connectivity index (χ0v) is 13.2. The van der Waals surface area contributed by atoms with Crippen molar-refractivity contribution in [2.75, 3.05) is 40.3 Å². The van der Waals surface area contributed by atoms with Crippen molar-refractivity contribution in [3.8, 4) is 0 Å². The maximum absolute atomic E-state index is 3.79. The molecule has 1 saturated heterocycles. The molecule has 3 nitrogen and oxygen atoms in total. The minimum Gasteiger partial charge on any atom is -0.313 e. The molecule has 0 spiro atoms. The van der Waals surface area contributed by atoms with Crippen LogP contribution in [0.15, 0.2) is 0 Å². The summed E-state index contributed by atoms with van der Waals surface area (Å²) >= 11 is 0. The largest absolute Gasteiger partial charge is 0.313 e. The van der Waals surface area contributed by atoms with E-state index in [2.05, 4.69) is 36.1 Å². The Kier molecular flexibility index (Phi) is 6.11. The van der Waals surface area contributed by atoms with Crippen LogP contribution in [0.3, 0.4) is 0 Å². The van der Waals surface area contributed by atoms with Crippen molar-refractivity contribution >= 4 is 0 Å². The Hall–Kier alpha value is -0.120. The molecule has 19 heavy (non-hydrogen) atoms. The van der Waals surface area contributed by atoms with E-state index in [1.807, 2.05) is 0 Å². The molecule has 2 fully saturated rings. The van der Waals surface area contributed by atoms with Crippen LogP contribution in [-0.2, 0) is 0 Å². The average molecular weight is 267 g/mol. The summed E-state index contributed by atoms with van der Waals surface area (Å²) in [5.74, 6) is 0.930. The molecule has 112 valence electrons. The molecule has 2 rings (SSSR count). The fraction of sp³-hybridized carbons (Fsp3) is 1.00. The Morgan fingerprint density at radius 1 is 1.16 bits per heavy atom. The van der Waals surface area contributed by atoms with E-state index in [1.54, 1.807) is 0 Å². The standard InChI is InChI=1S/C16H33N3/c1-14-6-4-7-15(12-14)17-9-11-19-10-5-8-16(13-19)18(2)3/h14-17H,4-13H2,1-3H3. The number of piperidine rings is 1. The summed E-state index contributed by atoms with van der Waals surface area (Å²) in [5, 5.41) is 3.79. The normalized spacial score (nSPS) is 33.8. The van der Waals surface area contributed by atoms with Gasteiger partial charge < -0.3 is 15.1 Å². The Morgan fingerprint density at radius 2 is 2.00 bits per heavy atom. The number of nitrogens with one attached hydrogen (secondary N) is 1. The molecule has 0 aromatic heterocycles. The third-order valence-electron chi connectivity index (χ3n) is 5.01. The minimum absolute atomic E-state index is 0.767. The third-order valence-corrected chi connectivity index (χ3v) is 5.01. The van der Waals surface area contributed by atoms with Crippen molar-refractivity contribution in [2.45, 2.75) is 57.5 Å². The molecule has 0 bridgehead atoms. The van der Waals surface area contributed by atoms with Crippen molar-refractivity contribution in [1.29, 1.82) is 0 Å².